The Kier molecular flexibility index (Phi) is 3.45. The number of pyridine rings is 1. The minimum atomic E-state index is -2.49. The zero-order chi connectivity index (χ0) is 21.5. The maximum Gasteiger partial charge on any atom is 0.274 e. The van der Waals surface area contributed by atoms with Gasteiger partial charge >= 0.3 is 0 Å². The van der Waals surface area contributed by atoms with Crippen molar-refractivity contribution in [1.82, 2.24) is 24.5 Å². The van der Waals surface area contributed by atoms with Crippen molar-refractivity contribution >= 4 is 28.9 Å². The molecule has 0 spiro atoms. The molecule has 1 aliphatic carbocycles. The smallest absolute Gasteiger partial charge is 0.274 e. The third kappa shape index (κ3) is 3.12. The molecule has 1 amide bonds. The molecule has 9 heteroatoms. The third-order valence-electron chi connectivity index (χ3n) is 4.67. The Morgan fingerprint density at radius 2 is 2.26 bits per heavy atom. The van der Waals surface area contributed by atoms with Gasteiger partial charge in [0.05, 0.1) is 6.20 Å². The van der Waals surface area contributed by atoms with Crippen LogP contribution in [0.2, 0.25) is 0 Å². The second kappa shape index (κ2) is 6.75. The van der Waals surface area contributed by atoms with E-state index in [9.17, 15) is 9.59 Å². The van der Waals surface area contributed by atoms with Gasteiger partial charge in [-0.2, -0.15) is 9.61 Å². The van der Waals surface area contributed by atoms with E-state index in [-0.39, 0.29) is 46.0 Å². The van der Waals surface area contributed by atoms with Gasteiger partial charge in [0, 0.05) is 36.4 Å². The van der Waals surface area contributed by atoms with Crippen LogP contribution in [0.4, 0.5) is 17.3 Å². The maximum atomic E-state index is 12.7. The molecule has 0 bridgehead atoms. The number of carbonyl (C=O) groups is 1. The number of amides is 1. The van der Waals surface area contributed by atoms with Crippen molar-refractivity contribution in [3.8, 4) is 0 Å². The summed E-state index contributed by atoms with van der Waals surface area (Å²) in [6.45, 7) is -2.49. The van der Waals surface area contributed by atoms with Crippen LogP contribution in [0.15, 0.2) is 35.4 Å². The van der Waals surface area contributed by atoms with Gasteiger partial charge in [-0.25, -0.2) is 4.98 Å². The summed E-state index contributed by atoms with van der Waals surface area (Å²) >= 11 is 0. The second-order valence-corrected chi connectivity index (χ2v) is 6.51. The zero-order valence-corrected chi connectivity index (χ0v) is 14.7. The fraction of sp³-hybridized carbons (Fsp3) is 0.333. The van der Waals surface area contributed by atoms with Crippen LogP contribution in [0.5, 0.6) is 0 Å². The van der Waals surface area contributed by atoms with Crippen molar-refractivity contribution in [2.75, 3.05) is 17.6 Å². The lowest BCUT2D eigenvalue weighted by Gasteiger charge is -2.26. The number of nitrogens with zero attached hydrogens (tertiary/aromatic N) is 4. The summed E-state index contributed by atoms with van der Waals surface area (Å²) < 4.78 is 25.2. The molecular formula is C18H21N7O2. The zero-order valence-electron chi connectivity index (χ0n) is 17.7. The van der Waals surface area contributed by atoms with Crippen LogP contribution >= 0.6 is 0 Å². The number of anilines is 3. The standard InChI is InChI=1S/C18H21N7O2/c1-19-15-9-14(22-13-7-4-8-24(2)18(13)27)23-16-12(10-20-25(15)16)17(26)21-11-5-3-6-11/h4,7-11,19H,3,5-6H2,1-2H3,(H,21,26)(H,22,23)/i1D3. The van der Waals surface area contributed by atoms with Crippen molar-refractivity contribution in [3.63, 3.8) is 0 Å². The number of fused-ring (bicyclic) bond motifs is 1. The topological polar surface area (TPSA) is 105 Å². The summed E-state index contributed by atoms with van der Waals surface area (Å²) in [7, 11) is 1.62. The monoisotopic (exact) mass is 370 g/mol. The van der Waals surface area contributed by atoms with Gasteiger partial charge in [0.2, 0.25) is 0 Å². The molecule has 9 nitrogen and oxygen atoms in total. The molecule has 0 atom stereocenters. The van der Waals surface area contributed by atoms with Gasteiger partial charge in [-0.1, -0.05) is 0 Å². The number of nitrogens with one attached hydrogen (secondary N) is 3. The van der Waals surface area contributed by atoms with Crippen molar-refractivity contribution < 1.29 is 8.91 Å². The highest BCUT2D eigenvalue weighted by Gasteiger charge is 2.23. The van der Waals surface area contributed by atoms with Crippen LogP contribution in [0.25, 0.3) is 5.65 Å². The Bertz CT molecular complexity index is 1160. The summed E-state index contributed by atoms with van der Waals surface area (Å²) in [4.78, 5) is 29.4. The first-order chi connectivity index (χ1) is 14.2. The van der Waals surface area contributed by atoms with E-state index in [4.69, 9.17) is 4.11 Å². The molecular weight excluding hydrogens is 346 g/mol. The summed E-state index contributed by atoms with van der Waals surface area (Å²) in [5.41, 5.74) is 0.383. The Hall–Kier alpha value is -3.36. The normalized spacial score (nSPS) is 16.1. The molecule has 140 valence electrons. The van der Waals surface area contributed by atoms with E-state index >= 15 is 0 Å². The predicted molar refractivity (Wildman–Crippen MR) is 103 cm³/mol. The molecule has 0 aliphatic heterocycles. The van der Waals surface area contributed by atoms with Gasteiger partial charge in [0.15, 0.2) is 5.65 Å². The molecule has 3 aromatic rings. The average molecular weight is 370 g/mol. The van der Waals surface area contributed by atoms with E-state index in [1.54, 1.807) is 25.4 Å². The van der Waals surface area contributed by atoms with E-state index in [1.165, 1.54) is 21.3 Å². The first kappa shape index (κ1) is 13.8. The third-order valence-corrected chi connectivity index (χ3v) is 4.67. The maximum absolute atomic E-state index is 12.7. The molecule has 1 fully saturated rings. The van der Waals surface area contributed by atoms with Gasteiger partial charge < -0.3 is 20.5 Å². The van der Waals surface area contributed by atoms with E-state index in [1.807, 2.05) is 0 Å². The Labute approximate surface area is 159 Å². The van der Waals surface area contributed by atoms with Crippen LogP contribution in [0.1, 0.15) is 33.7 Å². The Balaban J connectivity index is 1.77. The number of hydrogen-bond acceptors (Lipinski definition) is 6. The number of rotatable bonds is 5. The molecule has 3 heterocycles. The van der Waals surface area contributed by atoms with E-state index in [2.05, 4.69) is 26.0 Å². The SMILES string of the molecule is [2H]C([2H])([2H])Nc1cc(Nc2cccn(C)c2=O)nc2c(C(=O)NC3CCC3)cnn12. The van der Waals surface area contributed by atoms with Crippen LogP contribution in [-0.4, -0.2) is 38.1 Å². The van der Waals surface area contributed by atoms with Crippen LogP contribution < -0.4 is 21.5 Å². The van der Waals surface area contributed by atoms with Crippen LogP contribution in [0.3, 0.4) is 0 Å². The summed E-state index contributed by atoms with van der Waals surface area (Å²) in [5.74, 6) is -0.0106. The Morgan fingerprint density at radius 1 is 1.41 bits per heavy atom. The van der Waals surface area contributed by atoms with E-state index in [0.29, 0.717) is 0 Å². The van der Waals surface area contributed by atoms with E-state index < -0.39 is 6.98 Å². The first-order valence-electron chi connectivity index (χ1n) is 10.1. The van der Waals surface area contributed by atoms with Gasteiger partial charge in [-0.15, -0.1) is 0 Å². The van der Waals surface area contributed by atoms with Crippen molar-refractivity contribution in [3.05, 3.63) is 46.5 Å². The quantitative estimate of drug-likeness (QED) is 0.628. The molecule has 0 radical (unpaired) electrons. The van der Waals surface area contributed by atoms with Crippen molar-refractivity contribution in [2.45, 2.75) is 25.3 Å². The summed E-state index contributed by atoms with van der Waals surface area (Å²) in [6, 6.07) is 4.83. The minimum Gasteiger partial charge on any atom is -0.373 e. The fourth-order valence-electron chi connectivity index (χ4n) is 2.92. The lowest BCUT2D eigenvalue weighted by molar-refractivity contribution is 0.0918. The minimum absolute atomic E-state index is 0.109. The van der Waals surface area contributed by atoms with Gasteiger partial charge in [-0.05, 0) is 31.4 Å². The average Bonchev–Trinajstić information content (AvgIpc) is 3.05. The molecule has 3 N–H and O–H groups in total. The lowest BCUT2D eigenvalue weighted by Crippen LogP contribution is -2.39. The second-order valence-electron chi connectivity index (χ2n) is 6.51. The lowest BCUT2D eigenvalue weighted by atomic mass is 9.93. The number of carbonyl (C=O) groups excluding carboxylic acids is 1. The van der Waals surface area contributed by atoms with Gasteiger partial charge in [0.1, 0.15) is 22.9 Å². The summed E-state index contributed by atoms with van der Waals surface area (Å²) in [6.07, 6.45) is 5.89. The molecule has 4 rings (SSSR count). The first-order valence-corrected chi connectivity index (χ1v) is 8.62. The highest BCUT2D eigenvalue weighted by Crippen LogP contribution is 2.22. The number of hydrogen-bond donors (Lipinski definition) is 3. The fourth-order valence-corrected chi connectivity index (χ4v) is 2.92. The molecule has 0 unspecified atom stereocenters. The molecule has 3 aromatic heterocycles. The molecule has 27 heavy (non-hydrogen) atoms. The van der Waals surface area contributed by atoms with Crippen molar-refractivity contribution in [2.24, 2.45) is 7.05 Å². The van der Waals surface area contributed by atoms with E-state index in [0.717, 1.165) is 19.3 Å². The van der Waals surface area contributed by atoms with Crippen molar-refractivity contribution in [1.29, 1.82) is 0 Å². The number of aryl methyl sites for hydroxylation is 1. The molecule has 0 aromatic carbocycles. The molecule has 1 saturated carbocycles. The predicted octanol–water partition coefficient (Wildman–Crippen LogP) is 1.50. The van der Waals surface area contributed by atoms with Gasteiger partial charge in [-0.3, -0.25) is 9.59 Å². The molecule has 0 saturated heterocycles. The summed E-state index contributed by atoms with van der Waals surface area (Å²) in [5, 5.41) is 12.4. The highest BCUT2D eigenvalue weighted by molar-refractivity contribution is 6.00. The van der Waals surface area contributed by atoms with Gasteiger partial charge in [0.25, 0.3) is 11.5 Å². The van der Waals surface area contributed by atoms with Crippen LogP contribution in [0, 0.1) is 0 Å². The number of aromatic nitrogens is 4. The largest absolute Gasteiger partial charge is 0.373 e. The Morgan fingerprint density at radius 3 is 3.00 bits per heavy atom. The highest BCUT2D eigenvalue weighted by atomic mass is 16.2. The van der Waals surface area contributed by atoms with Crippen LogP contribution in [-0.2, 0) is 7.05 Å². The molecule has 1 aliphatic rings.